The molecule has 1 N–H and O–H groups in total. The number of rotatable bonds is 6. The first-order valence-electron chi connectivity index (χ1n) is 6.55. The van der Waals surface area contributed by atoms with Crippen LogP contribution in [0.4, 0.5) is 5.69 Å². The number of carbonyl (C=O) groups excluding carboxylic acids is 1. The van der Waals surface area contributed by atoms with Crippen LogP contribution in [-0.4, -0.2) is 10.7 Å². The van der Waals surface area contributed by atoms with Crippen molar-refractivity contribution in [3.63, 3.8) is 0 Å². The Labute approximate surface area is 118 Å². The zero-order valence-electron chi connectivity index (χ0n) is 11.4. The van der Waals surface area contributed by atoms with Crippen LogP contribution in [0, 0.1) is 5.92 Å². The first-order chi connectivity index (χ1) is 8.52. The zero-order valence-corrected chi connectivity index (χ0v) is 13.0. The van der Waals surface area contributed by atoms with E-state index in [1.807, 2.05) is 19.1 Å². The van der Waals surface area contributed by atoms with Gasteiger partial charge < -0.3 is 5.32 Å². The van der Waals surface area contributed by atoms with E-state index in [0.717, 1.165) is 18.5 Å². The van der Waals surface area contributed by atoms with Gasteiger partial charge in [0.2, 0.25) is 5.91 Å². The molecule has 1 unspecified atom stereocenters. The second-order valence-electron chi connectivity index (χ2n) is 4.96. The van der Waals surface area contributed by atoms with E-state index in [4.69, 9.17) is 0 Å². The molecule has 1 amide bonds. The summed E-state index contributed by atoms with van der Waals surface area (Å²) in [4.78, 5) is 11.9. The van der Waals surface area contributed by atoms with Crippen LogP contribution in [0.5, 0.6) is 0 Å². The molecule has 0 spiro atoms. The largest absolute Gasteiger partial charge is 0.326 e. The second kappa shape index (κ2) is 7.57. The molecule has 1 rings (SSSR count). The summed E-state index contributed by atoms with van der Waals surface area (Å²) < 4.78 is 0. The lowest BCUT2D eigenvalue weighted by atomic mass is 10.0. The summed E-state index contributed by atoms with van der Waals surface area (Å²) in [6, 6.07) is 8.11. The van der Waals surface area contributed by atoms with Crippen molar-refractivity contribution >= 4 is 27.5 Å². The maximum Gasteiger partial charge on any atom is 0.224 e. The third-order valence-electron chi connectivity index (χ3n) is 2.87. The number of carbonyl (C=O) groups is 1. The van der Waals surface area contributed by atoms with E-state index in [1.54, 1.807) is 0 Å². The van der Waals surface area contributed by atoms with Gasteiger partial charge in [0.05, 0.1) is 0 Å². The minimum atomic E-state index is 0.0887. The fourth-order valence-electron chi connectivity index (χ4n) is 1.64. The Hall–Kier alpha value is -0.830. The van der Waals surface area contributed by atoms with Crippen LogP contribution in [0.15, 0.2) is 24.3 Å². The Morgan fingerprint density at radius 1 is 1.28 bits per heavy atom. The Kier molecular flexibility index (Phi) is 6.41. The molecule has 0 aliphatic carbocycles. The standard InChI is InChI=1S/C15H22BrNO/c1-4-5-15(18)17-13-8-6-12(7-9-13)10-14(16)11(2)3/h6-9,11,14H,4-5,10H2,1-3H3,(H,17,18). The molecule has 0 radical (unpaired) electrons. The van der Waals surface area contributed by atoms with Crippen LogP contribution >= 0.6 is 15.9 Å². The van der Waals surface area contributed by atoms with E-state index in [9.17, 15) is 4.79 Å². The van der Waals surface area contributed by atoms with Crippen LogP contribution in [0.25, 0.3) is 0 Å². The van der Waals surface area contributed by atoms with Crippen molar-refractivity contribution in [3.05, 3.63) is 29.8 Å². The topological polar surface area (TPSA) is 29.1 Å². The fourth-order valence-corrected chi connectivity index (χ4v) is 2.01. The van der Waals surface area contributed by atoms with Crippen LogP contribution in [0.2, 0.25) is 0 Å². The molecule has 0 aliphatic rings. The van der Waals surface area contributed by atoms with Gasteiger partial charge in [-0.1, -0.05) is 48.8 Å². The highest BCUT2D eigenvalue weighted by atomic mass is 79.9. The summed E-state index contributed by atoms with van der Waals surface area (Å²) >= 11 is 3.69. The Balaban J connectivity index is 2.54. The minimum absolute atomic E-state index is 0.0887. The summed E-state index contributed by atoms with van der Waals surface area (Å²) in [6.07, 6.45) is 2.48. The van der Waals surface area contributed by atoms with Gasteiger partial charge in [-0.15, -0.1) is 0 Å². The lowest BCUT2D eigenvalue weighted by Crippen LogP contribution is -2.12. The van der Waals surface area contributed by atoms with Crippen molar-refractivity contribution in [2.24, 2.45) is 5.92 Å². The van der Waals surface area contributed by atoms with Gasteiger partial charge in [0.1, 0.15) is 0 Å². The molecule has 100 valence electrons. The van der Waals surface area contributed by atoms with Gasteiger partial charge in [-0.3, -0.25) is 4.79 Å². The quantitative estimate of drug-likeness (QED) is 0.776. The maximum absolute atomic E-state index is 11.4. The number of nitrogens with one attached hydrogen (secondary N) is 1. The third-order valence-corrected chi connectivity index (χ3v) is 4.25. The van der Waals surface area contributed by atoms with E-state index < -0.39 is 0 Å². The number of hydrogen-bond acceptors (Lipinski definition) is 1. The third kappa shape index (κ3) is 5.21. The molecule has 1 aromatic rings. The van der Waals surface area contributed by atoms with Gasteiger partial charge >= 0.3 is 0 Å². The van der Waals surface area contributed by atoms with E-state index in [-0.39, 0.29) is 5.91 Å². The van der Waals surface area contributed by atoms with E-state index in [0.29, 0.717) is 17.2 Å². The molecule has 0 saturated carbocycles. The van der Waals surface area contributed by atoms with Crippen molar-refractivity contribution in [1.82, 2.24) is 0 Å². The highest BCUT2D eigenvalue weighted by Gasteiger charge is 2.09. The summed E-state index contributed by atoms with van der Waals surface area (Å²) in [5.74, 6) is 0.708. The van der Waals surface area contributed by atoms with Gasteiger partial charge in [0.25, 0.3) is 0 Å². The van der Waals surface area contributed by atoms with Crippen molar-refractivity contribution in [1.29, 1.82) is 0 Å². The molecule has 0 heterocycles. The molecule has 0 bridgehead atoms. The van der Waals surface area contributed by atoms with E-state index in [2.05, 4.69) is 47.2 Å². The highest BCUT2D eigenvalue weighted by Crippen LogP contribution is 2.19. The number of amides is 1. The second-order valence-corrected chi connectivity index (χ2v) is 6.14. The Morgan fingerprint density at radius 3 is 2.39 bits per heavy atom. The van der Waals surface area contributed by atoms with Gasteiger partial charge in [-0.05, 0) is 36.5 Å². The first-order valence-corrected chi connectivity index (χ1v) is 7.47. The van der Waals surface area contributed by atoms with Crippen LogP contribution < -0.4 is 5.32 Å². The zero-order chi connectivity index (χ0) is 13.5. The van der Waals surface area contributed by atoms with Crippen molar-refractivity contribution in [2.45, 2.75) is 44.9 Å². The van der Waals surface area contributed by atoms with Crippen molar-refractivity contribution < 1.29 is 4.79 Å². The fraction of sp³-hybridized carbons (Fsp3) is 0.533. The van der Waals surface area contributed by atoms with Crippen LogP contribution in [0.1, 0.15) is 39.2 Å². The van der Waals surface area contributed by atoms with Gasteiger partial charge in [-0.2, -0.15) is 0 Å². The molecule has 3 heteroatoms. The van der Waals surface area contributed by atoms with Crippen LogP contribution in [0.3, 0.4) is 0 Å². The Bertz CT molecular complexity index is 373. The SMILES string of the molecule is CCCC(=O)Nc1ccc(CC(Br)C(C)C)cc1. The minimum Gasteiger partial charge on any atom is -0.326 e. The first kappa shape index (κ1) is 15.2. The molecule has 0 aromatic heterocycles. The van der Waals surface area contributed by atoms with E-state index >= 15 is 0 Å². The summed E-state index contributed by atoms with van der Waals surface area (Å²) in [5, 5.41) is 2.90. The summed E-state index contributed by atoms with van der Waals surface area (Å²) in [7, 11) is 0. The number of benzene rings is 1. The molecule has 2 nitrogen and oxygen atoms in total. The molecule has 0 aliphatic heterocycles. The van der Waals surface area contributed by atoms with Crippen LogP contribution in [-0.2, 0) is 11.2 Å². The normalized spacial score (nSPS) is 12.5. The number of hydrogen-bond donors (Lipinski definition) is 1. The molecule has 18 heavy (non-hydrogen) atoms. The molecule has 0 fully saturated rings. The average Bonchev–Trinajstić information content (AvgIpc) is 2.31. The monoisotopic (exact) mass is 311 g/mol. The van der Waals surface area contributed by atoms with Crippen molar-refractivity contribution in [2.75, 3.05) is 5.32 Å². The van der Waals surface area contributed by atoms with Crippen molar-refractivity contribution in [3.8, 4) is 0 Å². The maximum atomic E-state index is 11.4. The molecule has 0 saturated heterocycles. The molecule has 1 atom stereocenters. The predicted octanol–water partition coefficient (Wildman–Crippen LogP) is 4.39. The summed E-state index contributed by atoms with van der Waals surface area (Å²) in [5.41, 5.74) is 2.17. The smallest absolute Gasteiger partial charge is 0.224 e. The molecular formula is C15H22BrNO. The lowest BCUT2D eigenvalue weighted by molar-refractivity contribution is -0.116. The highest BCUT2D eigenvalue weighted by molar-refractivity contribution is 9.09. The van der Waals surface area contributed by atoms with Gasteiger partial charge in [-0.25, -0.2) is 0 Å². The van der Waals surface area contributed by atoms with Gasteiger partial charge in [0.15, 0.2) is 0 Å². The average molecular weight is 312 g/mol. The summed E-state index contributed by atoms with van der Waals surface area (Å²) in [6.45, 7) is 6.42. The van der Waals surface area contributed by atoms with E-state index in [1.165, 1.54) is 5.56 Å². The molecule has 1 aromatic carbocycles. The lowest BCUT2D eigenvalue weighted by Gasteiger charge is -2.14. The van der Waals surface area contributed by atoms with Gasteiger partial charge in [0, 0.05) is 16.9 Å². The predicted molar refractivity (Wildman–Crippen MR) is 81.2 cm³/mol. The number of alkyl halides is 1. The molecular weight excluding hydrogens is 290 g/mol. The number of halogens is 1. The Morgan fingerprint density at radius 2 is 1.89 bits per heavy atom. The number of anilines is 1.